The Morgan fingerprint density at radius 3 is 2.71 bits per heavy atom. The van der Waals surface area contributed by atoms with Crippen molar-refractivity contribution in [1.29, 1.82) is 0 Å². The number of carbonyl (C=O) groups is 1. The molecule has 0 aromatic heterocycles. The molecule has 1 saturated carbocycles. The third kappa shape index (κ3) is 1.30. The summed E-state index contributed by atoms with van der Waals surface area (Å²) in [5.74, 6) is 0. The first-order chi connectivity index (χ1) is 8.03. The van der Waals surface area contributed by atoms with E-state index in [1.54, 1.807) is 6.07 Å². The average molecular weight is 234 g/mol. The molecule has 1 aromatic rings. The highest BCUT2D eigenvalue weighted by Gasteiger charge is 2.53. The number of nitro groups is 1. The molecule has 1 aliphatic heterocycles. The molecule has 0 bridgehead atoms. The summed E-state index contributed by atoms with van der Waals surface area (Å²) in [6, 6.07) is 4.50. The quantitative estimate of drug-likeness (QED) is 0.595. The Labute approximate surface area is 96.6 Å². The van der Waals surface area contributed by atoms with Crippen molar-refractivity contribution in [2.75, 3.05) is 11.4 Å². The van der Waals surface area contributed by atoms with Crippen molar-refractivity contribution in [2.45, 2.75) is 18.3 Å². The fraction of sp³-hybridized carbons (Fsp3) is 0.364. The zero-order valence-electron chi connectivity index (χ0n) is 8.92. The van der Waals surface area contributed by atoms with E-state index in [2.05, 4.69) is 0 Å². The first-order valence-corrected chi connectivity index (χ1v) is 5.33. The van der Waals surface area contributed by atoms with Crippen LogP contribution < -0.4 is 4.90 Å². The predicted molar refractivity (Wildman–Crippen MR) is 59.4 cm³/mol. The molecule has 1 aromatic carbocycles. The highest BCUT2D eigenvalue weighted by Crippen LogP contribution is 2.56. The van der Waals surface area contributed by atoms with E-state index in [0.717, 1.165) is 18.4 Å². The molecular formula is C11H10N2O4. The second-order valence-corrected chi connectivity index (χ2v) is 4.61. The number of hydrogen-bond donors (Lipinski definition) is 1. The molecule has 1 spiro atoms. The Balaban J connectivity index is 2.13. The summed E-state index contributed by atoms with van der Waals surface area (Å²) in [6.45, 7) is 0.429. The van der Waals surface area contributed by atoms with E-state index < -0.39 is 11.0 Å². The Kier molecular flexibility index (Phi) is 1.76. The Morgan fingerprint density at radius 1 is 1.47 bits per heavy atom. The van der Waals surface area contributed by atoms with Gasteiger partial charge in [0.1, 0.15) is 0 Å². The third-order valence-electron chi connectivity index (χ3n) is 3.60. The number of carboxylic acid groups (broad SMARTS) is 1. The van der Waals surface area contributed by atoms with E-state index in [1.807, 2.05) is 0 Å². The molecule has 0 atom stereocenters. The van der Waals surface area contributed by atoms with Gasteiger partial charge in [0.2, 0.25) is 0 Å². The van der Waals surface area contributed by atoms with Crippen LogP contribution in [0.25, 0.3) is 0 Å². The Bertz CT molecular complexity index is 536. The minimum absolute atomic E-state index is 0.0623. The lowest BCUT2D eigenvalue weighted by molar-refractivity contribution is -0.384. The number of non-ortho nitro benzene ring substituents is 1. The summed E-state index contributed by atoms with van der Waals surface area (Å²) >= 11 is 0. The van der Waals surface area contributed by atoms with Crippen LogP contribution >= 0.6 is 0 Å². The van der Waals surface area contributed by atoms with E-state index in [1.165, 1.54) is 17.0 Å². The van der Waals surface area contributed by atoms with Crippen molar-refractivity contribution in [3.63, 3.8) is 0 Å². The van der Waals surface area contributed by atoms with E-state index in [9.17, 15) is 14.9 Å². The van der Waals surface area contributed by atoms with Gasteiger partial charge in [-0.2, -0.15) is 0 Å². The smallest absolute Gasteiger partial charge is 0.411 e. The number of rotatable bonds is 1. The summed E-state index contributed by atoms with van der Waals surface area (Å²) in [6.07, 6.45) is 0.874. The van der Waals surface area contributed by atoms with Gasteiger partial charge < -0.3 is 5.11 Å². The number of nitro benzene ring substituents is 1. The molecule has 6 nitrogen and oxygen atoms in total. The minimum atomic E-state index is -1.05. The fourth-order valence-corrected chi connectivity index (χ4v) is 2.53. The number of hydrogen-bond acceptors (Lipinski definition) is 3. The highest BCUT2D eigenvalue weighted by atomic mass is 16.6. The van der Waals surface area contributed by atoms with E-state index in [4.69, 9.17) is 5.11 Å². The maximum atomic E-state index is 11.1. The molecule has 1 fully saturated rings. The molecule has 1 aliphatic carbocycles. The predicted octanol–water partition coefficient (Wildman–Crippen LogP) is 2.12. The fourth-order valence-electron chi connectivity index (χ4n) is 2.53. The van der Waals surface area contributed by atoms with Crippen molar-refractivity contribution in [3.05, 3.63) is 33.9 Å². The highest BCUT2D eigenvalue weighted by molar-refractivity contribution is 5.91. The molecule has 1 heterocycles. The van der Waals surface area contributed by atoms with E-state index in [-0.39, 0.29) is 11.1 Å². The number of anilines is 1. The lowest BCUT2D eigenvalue weighted by Gasteiger charge is -2.12. The lowest BCUT2D eigenvalue weighted by Crippen LogP contribution is -2.29. The van der Waals surface area contributed by atoms with Gasteiger partial charge in [-0.1, -0.05) is 0 Å². The number of benzene rings is 1. The first-order valence-electron chi connectivity index (χ1n) is 5.33. The molecule has 1 amide bonds. The summed E-state index contributed by atoms with van der Waals surface area (Å²) in [4.78, 5) is 22.5. The molecular weight excluding hydrogens is 224 g/mol. The zero-order valence-corrected chi connectivity index (χ0v) is 8.92. The molecule has 0 saturated heterocycles. The number of nitrogens with zero attached hydrogens (tertiary/aromatic N) is 2. The Hall–Kier alpha value is -2.11. The summed E-state index contributed by atoms with van der Waals surface area (Å²) < 4.78 is 0. The maximum Gasteiger partial charge on any atom is 0.411 e. The largest absolute Gasteiger partial charge is 0.465 e. The van der Waals surface area contributed by atoms with Crippen LogP contribution in [0.4, 0.5) is 16.2 Å². The van der Waals surface area contributed by atoms with Crippen LogP contribution in [0.5, 0.6) is 0 Å². The number of fused-ring (bicyclic) bond motifs is 2. The van der Waals surface area contributed by atoms with Crippen molar-refractivity contribution >= 4 is 17.5 Å². The van der Waals surface area contributed by atoms with Gasteiger partial charge in [0, 0.05) is 24.1 Å². The first kappa shape index (κ1) is 10.1. The van der Waals surface area contributed by atoms with Gasteiger partial charge in [-0.25, -0.2) is 4.79 Å². The SMILES string of the molecule is O=C(O)N1CC2(CC2)c2ccc([N+](=O)[O-])cc21. The standard InChI is InChI=1S/C11H10N2O4/c14-10(15)12-6-11(3-4-11)8-2-1-7(13(16)17)5-9(8)12/h1-2,5H,3-4,6H2,(H,14,15). The molecule has 6 heteroatoms. The topological polar surface area (TPSA) is 83.7 Å². The minimum Gasteiger partial charge on any atom is -0.465 e. The van der Waals surface area contributed by atoms with Crippen LogP contribution in [0.2, 0.25) is 0 Å². The van der Waals surface area contributed by atoms with Gasteiger partial charge in [-0.05, 0) is 24.5 Å². The molecule has 0 radical (unpaired) electrons. The van der Waals surface area contributed by atoms with Crippen molar-refractivity contribution in [3.8, 4) is 0 Å². The summed E-state index contributed by atoms with van der Waals surface area (Å²) in [5.41, 5.74) is 1.28. The molecule has 88 valence electrons. The Morgan fingerprint density at radius 2 is 2.18 bits per heavy atom. The van der Waals surface area contributed by atoms with Crippen LogP contribution in [-0.2, 0) is 5.41 Å². The summed E-state index contributed by atoms with van der Waals surface area (Å²) in [5, 5.41) is 19.8. The average Bonchev–Trinajstić information content (AvgIpc) is 2.97. The third-order valence-corrected chi connectivity index (χ3v) is 3.60. The van der Waals surface area contributed by atoms with Crippen LogP contribution in [0.1, 0.15) is 18.4 Å². The van der Waals surface area contributed by atoms with E-state index in [0.29, 0.717) is 12.2 Å². The molecule has 1 N–H and O–H groups in total. The summed E-state index contributed by atoms with van der Waals surface area (Å²) in [7, 11) is 0. The molecule has 2 aliphatic rings. The maximum absolute atomic E-state index is 11.1. The van der Waals surface area contributed by atoms with Gasteiger partial charge in [0.05, 0.1) is 10.6 Å². The molecule has 3 rings (SSSR count). The number of amides is 1. The van der Waals surface area contributed by atoms with Gasteiger partial charge in [-0.3, -0.25) is 15.0 Å². The second kappa shape index (κ2) is 2.97. The van der Waals surface area contributed by atoms with Gasteiger partial charge in [-0.15, -0.1) is 0 Å². The van der Waals surface area contributed by atoms with Crippen molar-refractivity contribution in [1.82, 2.24) is 0 Å². The molecule has 17 heavy (non-hydrogen) atoms. The van der Waals surface area contributed by atoms with Crippen LogP contribution in [0.3, 0.4) is 0 Å². The zero-order chi connectivity index (χ0) is 12.2. The van der Waals surface area contributed by atoms with Crippen molar-refractivity contribution < 1.29 is 14.8 Å². The second-order valence-electron chi connectivity index (χ2n) is 4.61. The van der Waals surface area contributed by atoms with Crippen LogP contribution in [0, 0.1) is 10.1 Å². The van der Waals surface area contributed by atoms with Gasteiger partial charge in [0.25, 0.3) is 5.69 Å². The normalized spacial score (nSPS) is 19.2. The van der Waals surface area contributed by atoms with Crippen LogP contribution in [0.15, 0.2) is 18.2 Å². The van der Waals surface area contributed by atoms with Crippen LogP contribution in [-0.4, -0.2) is 22.7 Å². The van der Waals surface area contributed by atoms with Gasteiger partial charge in [0.15, 0.2) is 0 Å². The lowest BCUT2D eigenvalue weighted by atomic mass is 9.98. The van der Waals surface area contributed by atoms with Crippen molar-refractivity contribution in [2.24, 2.45) is 0 Å². The van der Waals surface area contributed by atoms with E-state index >= 15 is 0 Å². The van der Waals surface area contributed by atoms with Gasteiger partial charge >= 0.3 is 6.09 Å². The monoisotopic (exact) mass is 234 g/mol. The molecule has 0 unspecified atom stereocenters.